The zero-order chi connectivity index (χ0) is 7.98. The highest BCUT2D eigenvalue weighted by Gasteiger charge is 2.05. The van der Waals surface area contributed by atoms with Crippen LogP contribution in [0.4, 0.5) is 0 Å². The van der Waals surface area contributed by atoms with Crippen LogP contribution in [0, 0.1) is 25.7 Å². The predicted molar refractivity (Wildman–Crippen MR) is 47.5 cm³/mol. The molecule has 0 nitrogen and oxygen atoms in total. The summed E-state index contributed by atoms with van der Waals surface area (Å²) in [6.45, 7) is 12.4. The van der Waals surface area contributed by atoms with Gasteiger partial charge in [0.25, 0.3) is 0 Å². The van der Waals surface area contributed by atoms with E-state index in [4.69, 9.17) is 0 Å². The molecule has 0 aromatic heterocycles. The van der Waals surface area contributed by atoms with Gasteiger partial charge in [0.05, 0.1) is 0 Å². The lowest BCUT2D eigenvalue weighted by Crippen LogP contribution is -2.03. The minimum Gasteiger partial charge on any atom is -0.0625 e. The molecule has 0 N–H and O–H groups in total. The fourth-order valence-electron chi connectivity index (χ4n) is 0.917. The molecule has 0 saturated carbocycles. The molecule has 2 radical (unpaired) electrons. The van der Waals surface area contributed by atoms with E-state index in [9.17, 15) is 0 Å². The molecule has 0 rings (SSSR count). The van der Waals surface area contributed by atoms with Crippen molar-refractivity contribution in [1.82, 2.24) is 0 Å². The summed E-state index contributed by atoms with van der Waals surface area (Å²) in [5, 5.41) is 0. The molecule has 0 saturated heterocycles. The summed E-state index contributed by atoms with van der Waals surface area (Å²) in [6, 6.07) is 0. The smallest absolute Gasteiger partial charge is 0.0391 e. The minimum atomic E-state index is 0.645. The lowest BCUT2D eigenvalue weighted by atomic mass is 9.92. The van der Waals surface area contributed by atoms with Crippen molar-refractivity contribution in [2.24, 2.45) is 11.8 Å². The van der Waals surface area contributed by atoms with Crippen LogP contribution in [0.1, 0.15) is 39.5 Å². The van der Waals surface area contributed by atoms with Crippen LogP contribution in [0.15, 0.2) is 0 Å². The van der Waals surface area contributed by atoms with Gasteiger partial charge in [-0.05, 0) is 18.8 Å². The Bertz CT molecular complexity index is 64.4. The first-order chi connectivity index (χ1) is 4.68. The summed E-state index contributed by atoms with van der Waals surface area (Å²) < 4.78 is 0. The normalized spacial score (nSPS) is 14.1. The van der Waals surface area contributed by atoms with Crippen LogP contribution in [0.3, 0.4) is 0 Å². The SMILES string of the molecule is [CH2]CCCCC([CH2])C(C)C. The van der Waals surface area contributed by atoms with Gasteiger partial charge in [-0.1, -0.05) is 46.5 Å². The molecule has 0 fully saturated rings. The Morgan fingerprint density at radius 2 is 1.80 bits per heavy atom. The fourth-order valence-corrected chi connectivity index (χ4v) is 0.917. The molecular formula is C10H20. The van der Waals surface area contributed by atoms with Crippen LogP contribution in [0.25, 0.3) is 0 Å². The van der Waals surface area contributed by atoms with Gasteiger partial charge < -0.3 is 0 Å². The van der Waals surface area contributed by atoms with Crippen LogP contribution in [-0.4, -0.2) is 0 Å². The molecule has 0 heteroatoms. The predicted octanol–water partition coefficient (Wildman–Crippen LogP) is 3.49. The Labute approximate surface area is 66.0 Å². The van der Waals surface area contributed by atoms with E-state index >= 15 is 0 Å². The molecule has 0 amide bonds. The maximum atomic E-state index is 4.09. The molecule has 0 aliphatic heterocycles. The average molecular weight is 140 g/mol. The molecule has 1 atom stereocenters. The van der Waals surface area contributed by atoms with Crippen molar-refractivity contribution < 1.29 is 0 Å². The maximum Gasteiger partial charge on any atom is -0.0391 e. The van der Waals surface area contributed by atoms with E-state index in [1.807, 2.05) is 0 Å². The van der Waals surface area contributed by atoms with E-state index in [-0.39, 0.29) is 0 Å². The van der Waals surface area contributed by atoms with Gasteiger partial charge in [-0.15, -0.1) is 0 Å². The first kappa shape index (κ1) is 10.0. The van der Waals surface area contributed by atoms with Crippen LogP contribution < -0.4 is 0 Å². The molecule has 0 aromatic rings. The monoisotopic (exact) mass is 140 g/mol. The highest BCUT2D eigenvalue weighted by molar-refractivity contribution is 4.64. The standard InChI is InChI=1S/C10H20/c1-5-6-7-8-10(4)9(2)3/h9-10H,1,4-8H2,2-3H3. The summed E-state index contributed by atoms with van der Waals surface area (Å²) in [6.07, 6.45) is 4.91. The summed E-state index contributed by atoms with van der Waals surface area (Å²) in [4.78, 5) is 0. The Balaban J connectivity index is 3.13. The molecule has 0 aliphatic carbocycles. The van der Waals surface area contributed by atoms with Gasteiger partial charge in [0.2, 0.25) is 0 Å². The molecule has 0 heterocycles. The second-order valence-corrected chi connectivity index (χ2v) is 3.35. The molecule has 60 valence electrons. The summed E-state index contributed by atoms with van der Waals surface area (Å²) in [7, 11) is 0. The second kappa shape index (κ2) is 5.76. The number of unbranched alkanes of at least 4 members (excludes halogenated alkanes) is 2. The van der Waals surface area contributed by atoms with Crippen LogP contribution in [-0.2, 0) is 0 Å². The van der Waals surface area contributed by atoms with Gasteiger partial charge in [0.15, 0.2) is 0 Å². The van der Waals surface area contributed by atoms with E-state index in [2.05, 4.69) is 27.7 Å². The average Bonchev–Trinajstić information content (AvgIpc) is 1.88. The largest absolute Gasteiger partial charge is 0.0625 e. The second-order valence-electron chi connectivity index (χ2n) is 3.35. The topological polar surface area (TPSA) is 0 Å². The van der Waals surface area contributed by atoms with Gasteiger partial charge >= 0.3 is 0 Å². The van der Waals surface area contributed by atoms with Crippen LogP contribution in [0.5, 0.6) is 0 Å². The Morgan fingerprint density at radius 1 is 1.20 bits per heavy atom. The summed E-state index contributed by atoms with van der Waals surface area (Å²) in [5.74, 6) is 1.39. The van der Waals surface area contributed by atoms with Gasteiger partial charge in [0.1, 0.15) is 0 Å². The van der Waals surface area contributed by atoms with Crippen molar-refractivity contribution in [2.75, 3.05) is 0 Å². The van der Waals surface area contributed by atoms with Crippen molar-refractivity contribution in [1.29, 1.82) is 0 Å². The van der Waals surface area contributed by atoms with Crippen molar-refractivity contribution in [3.8, 4) is 0 Å². The number of hydrogen-bond acceptors (Lipinski definition) is 0. The highest BCUT2D eigenvalue weighted by atomic mass is 14.1. The zero-order valence-corrected chi connectivity index (χ0v) is 7.40. The fraction of sp³-hybridized carbons (Fsp3) is 0.800. The van der Waals surface area contributed by atoms with Crippen LogP contribution >= 0.6 is 0 Å². The van der Waals surface area contributed by atoms with E-state index in [1.165, 1.54) is 19.3 Å². The maximum absolute atomic E-state index is 4.09. The molecule has 0 aromatic carbocycles. The third-order valence-corrected chi connectivity index (χ3v) is 2.02. The van der Waals surface area contributed by atoms with Gasteiger partial charge in [-0.2, -0.15) is 0 Å². The molecule has 0 spiro atoms. The van der Waals surface area contributed by atoms with Crippen molar-refractivity contribution in [3.05, 3.63) is 13.8 Å². The summed E-state index contributed by atoms with van der Waals surface area (Å²) >= 11 is 0. The van der Waals surface area contributed by atoms with Gasteiger partial charge in [-0.3, -0.25) is 0 Å². The Morgan fingerprint density at radius 3 is 2.20 bits per heavy atom. The lowest BCUT2D eigenvalue weighted by molar-refractivity contribution is 0.416. The first-order valence-corrected chi connectivity index (χ1v) is 4.30. The third kappa shape index (κ3) is 4.84. The molecular weight excluding hydrogens is 120 g/mol. The molecule has 10 heavy (non-hydrogen) atoms. The third-order valence-electron chi connectivity index (χ3n) is 2.02. The van der Waals surface area contributed by atoms with E-state index in [0.717, 1.165) is 12.3 Å². The van der Waals surface area contributed by atoms with Crippen LogP contribution in [0.2, 0.25) is 0 Å². The molecule has 1 unspecified atom stereocenters. The van der Waals surface area contributed by atoms with Gasteiger partial charge in [-0.25, -0.2) is 0 Å². The minimum absolute atomic E-state index is 0.645. The van der Waals surface area contributed by atoms with Crippen molar-refractivity contribution in [2.45, 2.75) is 39.5 Å². The zero-order valence-electron chi connectivity index (χ0n) is 7.40. The lowest BCUT2D eigenvalue weighted by Gasteiger charge is -2.13. The van der Waals surface area contributed by atoms with E-state index in [1.54, 1.807) is 0 Å². The molecule has 0 bridgehead atoms. The Hall–Kier alpha value is 0. The number of hydrogen-bond donors (Lipinski definition) is 0. The van der Waals surface area contributed by atoms with Gasteiger partial charge in [0, 0.05) is 0 Å². The quantitative estimate of drug-likeness (QED) is 0.513. The van der Waals surface area contributed by atoms with E-state index in [0.29, 0.717) is 5.92 Å². The molecule has 0 aliphatic rings. The first-order valence-electron chi connectivity index (χ1n) is 4.30. The van der Waals surface area contributed by atoms with Crippen molar-refractivity contribution >= 4 is 0 Å². The number of rotatable bonds is 5. The highest BCUT2D eigenvalue weighted by Crippen LogP contribution is 2.16. The Kier molecular flexibility index (Phi) is 5.76. The van der Waals surface area contributed by atoms with Crippen molar-refractivity contribution in [3.63, 3.8) is 0 Å². The van der Waals surface area contributed by atoms with E-state index < -0.39 is 0 Å². The summed E-state index contributed by atoms with van der Waals surface area (Å²) in [5.41, 5.74) is 0.